The van der Waals surface area contributed by atoms with Crippen molar-refractivity contribution in [3.05, 3.63) is 65.7 Å². The summed E-state index contributed by atoms with van der Waals surface area (Å²) in [5.41, 5.74) is 1.50. The maximum absolute atomic E-state index is 12.2. The molecule has 0 spiro atoms. The van der Waals surface area contributed by atoms with E-state index in [0.29, 0.717) is 5.56 Å². The van der Waals surface area contributed by atoms with Crippen LogP contribution in [0.2, 0.25) is 0 Å². The second kappa shape index (κ2) is 7.46. The molecule has 0 saturated carbocycles. The molecule has 0 aliphatic carbocycles. The van der Waals surface area contributed by atoms with Crippen molar-refractivity contribution in [2.45, 2.75) is 20.0 Å². The highest BCUT2D eigenvalue weighted by atomic mass is 16.5. The number of allylic oxidation sites excluding steroid dienone is 1. The predicted molar refractivity (Wildman–Crippen MR) is 88.6 cm³/mol. The summed E-state index contributed by atoms with van der Waals surface area (Å²) in [6.07, 6.45) is 3.43. The Bertz CT molecular complexity index is 655. The molecular formula is C19H20O3. The fraction of sp³-hybridized carbons (Fsp3) is 0.211. The lowest BCUT2D eigenvalue weighted by Crippen LogP contribution is -2.05. The second-order valence-electron chi connectivity index (χ2n) is 5.13. The standard InChI is InChI=1S/C19H20O3/c1-14(2)22-17-11-8-15(9-12-17)18(20)13-10-16-6-4-5-7-19(16)21-3/h4-14H,1-3H3. The van der Waals surface area contributed by atoms with Gasteiger partial charge in [0.05, 0.1) is 13.2 Å². The summed E-state index contributed by atoms with van der Waals surface area (Å²) in [4.78, 5) is 12.2. The van der Waals surface area contributed by atoms with Crippen LogP contribution < -0.4 is 9.47 Å². The third-order valence-corrected chi connectivity index (χ3v) is 3.06. The summed E-state index contributed by atoms with van der Waals surface area (Å²) in [7, 11) is 1.61. The van der Waals surface area contributed by atoms with Crippen molar-refractivity contribution in [3.63, 3.8) is 0 Å². The molecule has 0 heterocycles. The Morgan fingerprint density at radius 3 is 2.36 bits per heavy atom. The SMILES string of the molecule is COc1ccccc1C=CC(=O)c1ccc(OC(C)C)cc1. The van der Waals surface area contributed by atoms with Crippen molar-refractivity contribution < 1.29 is 14.3 Å². The molecule has 0 amide bonds. The molecule has 3 nitrogen and oxygen atoms in total. The van der Waals surface area contributed by atoms with Gasteiger partial charge < -0.3 is 9.47 Å². The predicted octanol–water partition coefficient (Wildman–Crippen LogP) is 4.38. The Labute approximate surface area is 131 Å². The van der Waals surface area contributed by atoms with E-state index in [9.17, 15) is 4.79 Å². The number of hydrogen-bond donors (Lipinski definition) is 0. The van der Waals surface area contributed by atoms with Crippen LogP contribution in [0.1, 0.15) is 29.8 Å². The van der Waals surface area contributed by atoms with E-state index >= 15 is 0 Å². The Balaban J connectivity index is 2.10. The molecule has 0 radical (unpaired) electrons. The highest BCUT2D eigenvalue weighted by Gasteiger charge is 2.04. The number of hydrogen-bond acceptors (Lipinski definition) is 3. The van der Waals surface area contributed by atoms with E-state index in [0.717, 1.165) is 17.1 Å². The number of ketones is 1. The number of methoxy groups -OCH3 is 1. The summed E-state index contributed by atoms with van der Waals surface area (Å²) in [5, 5.41) is 0. The van der Waals surface area contributed by atoms with Crippen molar-refractivity contribution in [2.75, 3.05) is 7.11 Å². The molecule has 2 aromatic rings. The van der Waals surface area contributed by atoms with Crippen LogP contribution in [0.3, 0.4) is 0 Å². The summed E-state index contributed by atoms with van der Waals surface area (Å²) in [6.45, 7) is 3.93. The first-order chi connectivity index (χ1) is 10.6. The number of carbonyl (C=O) groups is 1. The minimum Gasteiger partial charge on any atom is -0.496 e. The topological polar surface area (TPSA) is 35.5 Å². The van der Waals surface area contributed by atoms with E-state index < -0.39 is 0 Å². The number of para-hydroxylation sites is 1. The minimum atomic E-state index is -0.0537. The fourth-order valence-electron chi connectivity index (χ4n) is 2.04. The lowest BCUT2D eigenvalue weighted by molar-refractivity contribution is 0.104. The van der Waals surface area contributed by atoms with Crippen molar-refractivity contribution in [1.29, 1.82) is 0 Å². The molecular weight excluding hydrogens is 276 g/mol. The zero-order chi connectivity index (χ0) is 15.9. The van der Waals surface area contributed by atoms with Crippen molar-refractivity contribution in [2.24, 2.45) is 0 Å². The summed E-state index contributed by atoms with van der Waals surface area (Å²) < 4.78 is 10.8. The van der Waals surface area contributed by atoms with Crippen LogP contribution in [-0.4, -0.2) is 19.0 Å². The molecule has 114 valence electrons. The molecule has 0 atom stereocenters. The van der Waals surface area contributed by atoms with Gasteiger partial charge in [0.1, 0.15) is 11.5 Å². The Morgan fingerprint density at radius 2 is 1.73 bits per heavy atom. The molecule has 0 fully saturated rings. The van der Waals surface area contributed by atoms with Crippen LogP contribution in [0.5, 0.6) is 11.5 Å². The average molecular weight is 296 g/mol. The van der Waals surface area contributed by atoms with E-state index in [1.54, 1.807) is 31.4 Å². The summed E-state index contributed by atoms with van der Waals surface area (Å²) in [5.74, 6) is 1.45. The first kappa shape index (κ1) is 15.8. The minimum absolute atomic E-state index is 0.0537. The monoisotopic (exact) mass is 296 g/mol. The zero-order valence-corrected chi connectivity index (χ0v) is 13.1. The molecule has 0 N–H and O–H groups in total. The van der Waals surface area contributed by atoms with Crippen LogP contribution in [0.25, 0.3) is 6.08 Å². The van der Waals surface area contributed by atoms with Crippen LogP contribution in [0.4, 0.5) is 0 Å². The number of carbonyl (C=O) groups excluding carboxylic acids is 1. The third kappa shape index (κ3) is 4.22. The maximum atomic E-state index is 12.2. The van der Waals surface area contributed by atoms with E-state index in [1.165, 1.54) is 0 Å². The molecule has 0 saturated heterocycles. The molecule has 3 heteroatoms. The van der Waals surface area contributed by atoms with Gasteiger partial charge in [-0.05, 0) is 56.3 Å². The molecule has 0 bridgehead atoms. The molecule has 2 rings (SSSR count). The highest BCUT2D eigenvalue weighted by molar-refractivity contribution is 6.07. The summed E-state index contributed by atoms with van der Waals surface area (Å²) in [6, 6.07) is 14.7. The molecule has 22 heavy (non-hydrogen) atoms. The first-order valence-electron chi connectivity index (χ1n) is 7.22. The molecule has 2 aromatic carbocycles. The lowest BCUT2D eigenvalue weighted by Gasteiger charge is -2.09. The van der Waals surface area contributed by atoms with E-state index in [-0.39, 0.29) is 11.9 Å². The quantitative estimate of drug-likeness (QED) is 0.586. The maximum Gasteiger partial charge on any atom is 0.185 e. The van der Waals surface area contributed by atoms with Gasteiger partial charge in [-0.2, -0.15) is 0 Å². The van der Waals surface area contributed by atoms with Gasteiger partial charge in [0.2, 0.25) is 0 Å². The van der Waals surface area contributed by atoms with Crippen LogP contribution in [0, 0.1) is 0 Å². The largest absolute Gasteiger partial charge is 0.496 e. The highest BCUT2D eigenvalue weighted by Crippen LogP contribution is 2.19. The van der Waals surface area contributed by atoms with Crippen LogP contribution in [0.15, 0.2) is 54.6 Å². The zero-order valence-electron chi connectivity index (χ0n) is 13.1. The van der Waals surface area contributed by atoms with E-state index in [4.69, 9.17) is 9.47 Å². The van der Waals surface area contributed by atoms with Gasteiger partial charge in [0.25, 0.3) is 0 Å². The van der Waals surface area contributed by atoms with E-state index in [2.05, 4.69) is 0 Å². The van der Waals surface area contributed by atoms with Gasteiger partial charge in [-0.25, -0.2) is 0 Å². The normalized spacial score (nSPS) is 10.9. The van der Waals surface area contributed by atoms with Crippen molar-refractivity contribution in [1.82, 2.24) is 0 Å². The van der Waals surface area contributed by atoms with Gasteiger partial charge in [0.15, 0.2) is 5.78 Å². The van der Waals surface area contributed by atoms with Gasteiger partial charge in [0, 0.05) is 11.1 Å². The number of rotatable bonds is 6. The average Bonchev–Trinajstić information content (AvgIpc) is 2.53. The van der Waals surface area contributed by atoms with Crippen molar-refractivity contribution in [3.8, 4) is 11.5 Å². The first-order valence-corrected chi connectivity index (χ1v) is 7.22. The van der Waals surface area contributed by atoms with E-state index in [1.807, 2.05) is 50.2 Å². The van der Waals surface area contributed by atoms with Gasteiger partial charge in [-0.3, -0.25) is 4.79 Å². The molecule has 0 unspecified atom stereocenters. The molecule has 0 aliphatic rings. The lowest BCUT2D eigenvalue weighted by atomic mass is 10.1. The number of ether oxygens (including phenoxy) is 2. The Kier molecular flexibility index (Phi) is 5.37. The second-order valence-corrected chi connectivity index (χ2v) is 5.13. The van der Waals surface area contributed by atoms with Crippen LogP contribution in [-0.2, 0) is 0 Å². The van der Waals surface area contributed by atoms with Gasteiger partial charge in [-0.1, -0.05) is 18.2 Å². The number of benzene rings is 2. The smallest absolute Gasteiger partial charge is 0.185 e. The Hall–Kier alpha value is -2.55. The fourth-order valence-corrected chi connectivity index (χ4v) is 2.04. The van der Waals surface area contributed by atoms with Crippen molar-refractivity contribution >= 4 is 11.9 Å². The van der Waals surface area contributed by atoms with Gasteiger partial charge in [-0.15, -0.1) is 0 Å². The molecule has 0 aromatic heterocycles. The Morgan fingerprint density at radius 1 is 1.05 bits per heavy atom. The summed E-state index contributed by atoms with van der Waals surface area (Å²) >= 11 is 0. The third-order valence-electron chi connectivity index (χ3n) is 3.06. The van der Waals surface area contributed by atoms with Crippen LogP contribution >= 0.6 is 0 Å². The molecule has 0 aliphatic heterocycles. The van der Waals surface area contributed by atoms with Gasteiger partial charge >= 0.3 is 0 Å².